The van der Waals surface area contributed by atoms with Gasteiger partial charge in [0.2, 0.25) is 5.91 Å². The van der Waals surface area contributed by atoms with Gasteiger partial charge in [-0.25, -0.2) is 8.42 Å². The van der Waals surface area contributed by atoms with E-state index in [1.807, 2.05) is 23.1 Å². The molecule has 2 aliphatic rings. The van der Waals surface area contributed by atoms with Crippen molar-refractivity contribution >= 4 is 27.5 Å². The van der Waals surface area contributed by atoms with Crippen LogP contribution in [0.4, 0.5) is 5.69 Å². The van der Waals surface area contributed by atoms with Crippen molar-refractivity contribution in [2.24, 2.45) is 0 Å². The van der Waals surface area contributed by atoms with E-state index >= 15 is 0 Å². The summed E-state index contributed by atoms with van der Waals surface area (Å²) in [5.41, 5.74) is 0.548. The molecule has 0 aliphatic carbocycles. The van der Waals surface area contributed by atoms with Gasteiger partial charge in [-0.05, 0) is 55.0 Å². The maximum absolute atomic E-state index is 13.0. The fraction of sp³-hybridized carbons (Fsp3) is 0.231. The number of ether oxygens (including phenoxy) is 1. The summed E-state index contributed by atoms with van der Waals surface area (Å²) >= 11 is 0. The first kappa shape index (κ1) is 23.8. The lowest BCUT2D eigenvalue weighted by Crippen LogP contribution is -2.49. The Kier molecular flexibility index (Phi) is 6.62. The van der Waals surface area contributed by atoms with Crippen molar-refractivity contribution in [1.82, 2.24) is 15.5 Å². The summed E-state index contributed by atoms with van der Waals surface area (Å²) in [5, 5.41) is 5.97. The van der Waals surface area contributed by atoms with Crippen molar-refractivity contribution in [3.63, 3.8) is 0 Å². The predicted octanol–water partition coefficient (Wildman–Crippen LogP) is 2.58. The fourth-order valence-corrected chi connectivity index (χ4v) is 5.54. The van der Waals surface area contributed by atoms with E-state index in [-0.39, 0.29) is 34.6 Å². The number of hydrogen-bond acceptors (Lipinski definition) is 6. The molecule has 2 atom stereocenters. The molecule has 0 saturated carbocycles. The molecule has 2 bridgehead atoms. The third-order valence-electron chi connectivity index (χ3n) is 6.31. The van der Waals surface area contributed by atoms with Gasteiger partial charge in [0.25, 0.3) is 15.9 Å². The number of nitrogens with zero attached hydrogens (tertiary/aromatic N) is 1. The van der Waals surface area contributed by atoms with Crippen molar-refractivity contribution in [2.45, 2.75) is 23.4 Å². The summed E-state index contributed by atoms with van der Waals surface area (Å²) in [6.07, 6.45) is 0.951. The number of fused-ring (bicyclic) bond motifs is 2. The molecule has 36 heavy (non-hydrogen) atoms. The molecular formula is C26H26N4O5S. The first-order valence-electron chi connectivity index (χ1n) is 11.6. The monoisotopic (exact) mass is 506 g/mol. The van der Waals surface area contributed by atoms with Crippen molar-refractivity contribution < 1.29 is 22.7 Å². The molecule has 3 aromatic rings. The normalized spacial score (nSPS) is 18.6. The second-order valence-electron chi connectivity index (χ2n) is 8.76. The maximum atomic E-state index is 13.0. The van der Waals surface area contributed by atoms with Gasteiger partial charge in [-0.15, -0.1) is 0 Å². The van der Waals surface area contributed by atoms with E-state index in [0.717, 1.165) is 13.0 Å². The highest BCUT2D eigenvalue weighted by molar-refractivity contribution is 7.92. The van der Waals surface area contributed by atoms with Crippen LogP contribution < -0.4 is 20.1 Å². The van der Waals surface area contributed by atoms with Crippen LogP contribution >= 0.6 is 0 Å². The topological polar surface area (TPSA) is 117 Å². The lowest BCUT2D eigenvalue weighted by atomic mass is 10.2. The summed E-state index contributed by atoms with van der Waals surface area (Å²) in [7, 11) is -3.94. The number of rotatable bonds is 8. The van der Waals surface area contributed by atoms with Crippen LogP contribution in [-0.2, 0) is 14.8 Å². The molecule has 2 fully saturated rings. The molecular weight excluding hydrogens is 480 g/mol. The van der Waals surface area contributed by atoms with Crippen LogP contribution in [0.1, 0.15) is 16.8 Å². The highest BCUT2D eigenvalue weighted by atomic mass is 32.2. The van der Waals surface area contributed by atoms with Crippen LogP contribution in [0.2, 0.25) is 0 Å². The van der Waals surface area contributed by atoms with Gasteiger partial charge >= 0.3 is 0 Å². The number of hydrogen-bond donors (Lipinski definition) is 3. The van der Waals surface area contributed by atoms with Crippen molar-refractivity contribution in [3.8, 4) is 11.5 Å². The molecule has 186 valence electrons. The van der Waals surface area contributed by atoms with Crippen molar-refractivity contribution in [1.29, 1.82) is 0 Å². The van der Waals surface area contributed by atoms with Crippen molar-refractivity contribution in [3.05, 3.63) is 84.4 Å². The smallest absolute Gasteiger partial charge is 0.262 e. The summed E-state index contributed by atoms with van der Waals surface area (Å²) in [4.78, 5) is 26.8. The number of piperazine rings is 1. The zero-order valence-corrected chi connectivity index (χ0v) is 20.2. The van der Waals surface area contributed by atoms with Crippen LogP contribution in [-0.4, -0.2) is 56.9 Å². The minimum atomic E-state index is -3.94. The van der Waals surface area contributed by atoms with Crippen LogP contribution in [0.25, 0.3) is 0 Å². The van der Waals surface area contributed by atoms with Gasteiger partial charge in [-0.2, -0.15) is 0 Å². The van der Waals surface area contributed by atoms with Crippen LogP contribution in [0.15, 0.2) is 83.8 Å². The highest BCUT2D eigenvalue weighted by Gasteiger charge is 2.39. The molecule has 2 unspecified atom stereocenters. The lowest BCUT2D eigenvalue weighted by Gasteiger charge is -2.27. The van der Waals surface area contributed by atoms with Gasteiger partial charge in [-0.3, -0.25) is 14.3 Å². The van der Waals surface area contributed by atoms with E-state index < -0.39 is 15.9 Å². The van der Waals surface area contributed by atoms with Gasteiger partial charge in [-0.1, -0.05) is 30.3 Å². The Morgan fingerprint density at radius 2 is 1.69 bits per heavy atom. The number of para-hydroxylation sites is 3. The van der Waals surface area contributed by atoms with Crippen LogP contribution in [0.5, 0.6) is 11.5 Å². The summed E-state index contributed by atoms with van der Waals surface area (Å²) < 4.78 is 34.4. The zero-order valence-electron chi connectivity index (χ0n) is 19.4. The largest absolute Gasteiger partial charge is 0.455 e. The van der Waals surface area contributed by atoms with E-state index in [9.17, 15) is 18.0 Å². The molecule has 2 heterocycles. The van der Waals surface area contributed by atoms with Gasteiger partial charge in [0.1, 0.15) is 5.75 Å². The third kappa shape index (κ3) is 5.19. The van der Waals surface area contributed by atoms with Crippen molar-refractivity contribution in [2.75, 3.05) is 24.4 Å². The van der Waals surface area contributed by atoms with Gasteiger partial charge in [0, 0.05) is 30.7 Å². The number of anilines is 1. The van der Waals surface area contributed by atoms with E-state index in [0.29, 0.717) is 24.1 Å². The number of nitrogens with one attached hydrogen (secondary N) is 3. The molecule has 5 rings (SSSR count). The molecule has 3 N–H and O–H groups in total. The second kappa shape index (κ2) is 10.00. The van der Waals surface area contributed by atoms with E-state index in [1.54, 1.807) is 36.4 Å². The average molecular weight is 507 g/mol. The quantitative estimate of drug-likeness (QED) is 0.432. The van der Waals surface area contributed by atoms with Crippen LogP contribution in [0, 0.1) is 0 Å². The van der Waals surface area contributed by atoms with E-state index in [4.69, 9.17) is 4.74 Å². The Morgan fingerprint density at radius 3 is 2.39 bits per heavy atom. The first-order chi connectivity index (χ1) is 17.4. The van der Waals surface area contributed by atoms with Crippen LogP contribution in [0.3, 0.4) is 0 Å². The number of carbonyl (C=O) groups excluding carboxylic acids is 2. The van der Waals surface area contributed by atoms with E-state index in [1.165, 1.54) is 24.3 Å². The zero-order chi connectivity index (χ0) is 25.1. The lowest BCUT2D eigenvalue weighted by molar-refractivity contribution is -0.131. The minimum Gasteiger partial charge on any atom is -0.455 e. The Labute approximate surface area is 209 Å². The predicted molar refractivity (Wildman–Crippen MR) is 134 cm³/mol. The third-order valence-corrected chi connectivity index (χ3v) is 7.69. The van der Waals surface area contributed by atoms with E-state index in [2.05, 4.69) is 15.4 Å². The van der Waals surface area contributed by atoms with Gasteiger partial charge < -0.3 is 20.3 Å². The number of amides is 2. The molecule has 3 aromatic carbocycles. The van der Waals surface area contributed by atoms with Gasteiger partial charge in [0.05, 0.1) is 17.1 Å². The molecule has 0 radical (unpaired) electrons. The fourth-order valence-electron chi connectivity index (χ4n) is 4.47. The summed E-state index contributed by atoms with van der Waals surface area (Å²) in [6.45, 7) is 1.36. The Hall–Kier alpha value is -3.89. The van der Waals surface area contributed by atoms with Gasteiger partial charge in [0.15, 0.2) is 5.75 Å². The number of benzene rings is 3. The number of likely N-dealkylation sites (tertiary alicyclic amines) is 1. The first-order valence-corrected chi connectivity index (χ1v) is 13.1. The Balaban J connectivity index is 1.21. The molecule has 2 saturated heterocycles. The molecule has 10 heteroatoms. The standard InChI is InChI=1S/C26H26N4O5S/c31-25(30-17-19-14-20(30)15-27-19)16-28-26(32)18-10-12-22(13-11-18)36(33,34)29-23-8-4-5-9-24(23)35-21-6-2-1-3-7-21/h1-13,19-20,27,29H,14-17H2,(H,28,32). The molecule has 9 nitrogen and oxygen atoms in total. The minimum absolute atomic E-state index is 0.00904. The number of sulfonamides is 1. The average Bonchev–Trinajstić information content (AvgIpc) is 3.53. The Bertz CT molecular complexity index is 1360. The Morgan fingerprint density at radius 1 is 0.972 bits per heavy atom. The molecule has 0 spiro atoms. The summed E-state index contributed by atoms with van der Waals surface area (Å²) in [5.74, 6) is 0.378. The second-order valence-corrected chi connectivity index (χ2v) is 10.4. The molecule has 0 aromatic heterocycles. The SMILES string of the molecule is O=C(NCC(=O)N1CC2CC1CN2)c1ccc(S(=O)(=O)Nc2ccccc2Oc2ccccc2)cc1. The maximum Gasteiger partial charge on any atom is 0.262 e. The highest BCUT2D eigenvalue weighted by Crippen LogP contribution is 2.31. The molecule has 2 aliphatic heterocycles. The summed E-state index contributed by atoms with van der Waals surface area (Å²) in [6, 6.07) is 21.9. The molecule has 2 amide bonds. The number of carbonyl (C=O) groups is 2.